The normalized spacial score (nSPS) is 17.6. The molecule has 0 saturated carbocycles. The molecule has 1 aliphatic heterocycles. The smallest absolute Gasteiger partial charge is 0.416 e. The number of hydrogen-bond acceptors (Lipinski definition) is 4. The fourth-order valence-electron chi connectivity index (χ4n) is 4.04. The van der Waals surface area contributed by atoms with Crippen molar-refractivity contribution in [3.05, 3.63) is 101 Å². The number of anilines is 1. The van der Waals surface area contributed by atoms with E-state index in [1.165, 1.54) is 36.4 Å². The third kappa shape index (κ3) is 4.68. The molecule has 5 nitrogen and oxygen atoms in total. The van der Waals surface area contributed by atoms with E-state index < -0.39 is 46.6 Å². The summed E-state index contributed by atoms with van der Waals surface area (Å²) in [6.07, 6.45) is -4.82. The quantitative estimate of drug-likeness (QED) is 0.195. The van der Waals surface area contributed by atoms with Gasteiger partial charge in [-0.25, -0.2) is 4.39 Å². The van der Waals surface area contributed by atoms with Crippen molar-refractivity contribution in [1.29, 1.82) is 0 Å². The average molecular weight is 499 g/mol. The van der Waals surface area contributed by atoms with Crippen molar-refractivity contribution in [3.8, 4) is 5.75 Å². The van der Waals surface area contributed by atoms with Gasteiger partial charge in [-0.3, -0.25) is 14.5 Å². The minimum Gasteiger partial charge on any atom is -0.507 e. The third-order valence-corrected chi connectivity index (χ3v) is 5.60. The van der Waals surface area contributed by atoms with Crippen LogP contribution in [0.2, 0.25) is 0 Å². The molecule has 0 aliphatic carbocycles. The maximum Gasteiger partial charge on any atom is 0.416 e. The lowest BCUT2D eigenvalue weighted by Gasteiger charge is -2.26. The molecule has 1 N–H and O–H groups in total. The van der Waals surface area contributed by atoms with Gasteiger partial charge in [-0.1, -0.05) is 24.3 Å². The van der Waals surface area contributed by atoms with Crippen LogP contribution in [0, 0.1) is 5.82 Å². The van der Waals surface area contributed by atoms with Gasteiger partial charge in [0.25, 0.3) is 11.7 Å². The number of amides is 1. The second kappa shape index (κ2) is 9.49. The van der Waals surface area contributed by atoms with Crippen molar-refractivity contribution >= 4 is 23.1 Å². The van der Waals surface area contributed by atoms with Gasteiger partial charge >= 0.3 is 6.18 Å². The van der Waals surface area contributed by atoms with Gasteiger partial charge in [-0.15, -0.1) is 0 Å². The number of nitrogens with zero attached hydrogens (tertiary/aromatic N) is 1. The van der Waals surface area contributed by atoms with Gasteiger partial charge in [0.1, 0.15) is 17.3 Å². The number of carbonyl (C=O) groups is 2. The van der Waals surface area contributed by atoms with Crippen LogP contribution >= 0.6 is 0 Å². The second-order valence-corrected chi connectivity index (χ2v) is 8.43. The molecule has 0 spiro atoms. The monoisotopic (exact) mass is 499 g/mol. The Kier molecular flexibility index (Phi) is 6.58. The average Bonchev–Trinajstić information content (AvgIpc) is 3.09. The topological polar surface area (TPSA) is 66.8 Å². The molecule has 1 aliphatic rings. The third-order valence-electron chi connectivity index (χ3n) is 5.60. The molecule has 1 heterocycles. The zero-order valence-electron chi connectivity index (χ0n) is 19.2. The van der Waals surface area contributed by atoms with Crippen LogP contribution in [-0.4, -0.2) is 22.9 Å². The summed E-state index contributed by atoms with van der Waals surface area (Å²) in [6, 6.07) is 13.6. The van der Waals surface area contributed by atoms with Crippen molar-refractivity contribution in [2.45, 2.75) is 32.2 Å². The molecule has 0 radical (unpaired) electrons. The number of ketones is 1. The van der Waals surface area contributed by atoms with Crippen molar-refractivity contribution in [2.75, 3.05) is 4.90 Å². The molecule has 186 valence electrons. The zero-order valence-corrected chi connectivity index (χ0v) is 19.2. The summed E-state index contributed by atoms with van der Waals surface area (Å²) in [6.45, 7) is 3.66. The van der Waals surface area contributed by atoms with Crippen LogP contribution in [-0.2, 0) is 15.8 Å². The first-order valence-electron chi connectivity index (χ1n) is 11.0. The predicted molar refractivity (Wildman–Crippen MR) is 125 cm³/mol. The maximum absolute atomic E-state index is 14.9. The van der Waals surface area contributed by atoms with Gasteiger partial charge in [-0.05, 0) is 62.4 Å². The highest BCUT2D eigenvalue weighted by molar-refractivity contribution is 6.51. The van der Waals surface area contributed by atoms with E-state index in [0.29, 0.717) is 11.8 Å². The van der Waals surface area contributed by atoms with Gasteiger partial charge in [0, 0.05) is 16.8 Å². The highest BCUT2D eigenvalue weighted by Gasteiger charge is 2.48. The summed E-state index contributed by atoms with van der Waals surface area (Å²) in [4.78, 5) is 27.0. The minimum atomic E-state index is -4.71. The molecule has 3 aromatic rings. The van der Waals surface area contributed by atoms with Crippen LogP contribution in [0.3, 0.4) is 0 Å². The molecule has 0 bridgehead atoms. The Balaban J connectivity index is 1.90. The first-order chi connectivity index (χ1) is 17.0. The van der Waals surface area contributed by atoms with Crippen LogP contribution in [0.1, 0.15) is 36.6 Å². The fraction of sp³-hybridized carbons (Fsp3) is 0.185. The molecule has 1 atom stereocenters. The lowest BCUT2D eigenvalue weighted by Crippen LogP contribution is -2.30. The molecule has 36 heavy (non-hydrogen) atoms. The number of carbonyl (C=O) groups excluding carboxylic acids is 2. The summed E-state index contributed by atoms with van der Waals surface area (Å²) < 4.78 is 60.6. The highest BCUT2D eigenvalue weighted by atomic mass is 19.4. The van der Waals surface area contributed by atoms with Crippen LogP contribution in [0.4, 0.5) is 23.2 Å². The lowest BCUT2D eigenvalue weighted by molar-refractivity contribution is -0.137. The number of ether oxygens (including phenoxy) is 1. The molecular formula is C27H21F4NO4. The Bertz CT molecular complexity index is 1350. The maximum atomic E-state index is 14.9. The van der Waals surface area contributed by atoms with Crippen molar-refractivity contribution in [1.82, 2.24) is 0 Å². The molecule has 4 rings (SSSR count). The molecular weight excluding hydrogens is 478 g/mol. The summed E-state index contributed by atoms with van der Waals surface area (Å²) in [5.74, 6) is -3.23. The Morgan fingerprint density at radius 2 is 1.64 bits per heavy atom. The standard InChI is InChI=1S/C27H21F4NO4/c1-15(2)36-19-12-10-16(11-13-19)24(33)22-23(20-8-3-4-9-21(20)28)32(26(35)25(22)34)18-7-5-6-17(14-18)27(29,30)31/h3-15,23,33H,1-2H3/b24-22+. The lowest BCUT2D eigenvalue weighted by atomic mass is 9.94. The molecule has 1 saturated heterocycles. The summed E-state index contributed by atoms with van der Waals surface area (Å²) in [5, 5.41) is 11.1. The second-order valence-electron chi connectivity index (χ2n) is 8.43. The summed E-state index contributed by atoms with van der Waals surface area (Å²) >= 11 is 0. The van der Waals surface area contributed by atoms with Gasteiger partial charge in [0.15, 0.2) is 0 Å². The van der Waals surface area contributed by atoms with E-state index in [4.69, 9.17) is 4.74 Å². The van der Waals surface area contributed by atoms with E-state index in [1.807, 2.05) is 13.8 Å². The Hall–Kier alpha value is -4.14. The number of halogens is 4. The molecule has 3 aromatic carbocycles. The van der Waals surface area contributed by atoms with E-state index in [-0.39, 0.29) is 22.9 Å². The molecule has 0 aromatic heterocycles. The van der Waals surface area contributed by atoms with Gasteiger partial charge in [-0.2, -0.15) is 13.2 Å². The van der Waals surface area contributed by atoms with E-state index >= 15 is 0 Å². The van der Waals surface area contributed by atoms with Crippen molar-refractivity contribution in [2.24, 2.45) is 0 Å². The number of aliphatic hydroxyl groups is 1. The Morgan fingerprint density at radius 3 is 2.25 bits per heavy atom. The summed E-state index contributed by atoms with van der Waals surface area (Å²) in [7, 11) is 0. The van der Waals surface area contributed by atoms with Crippen LogP contribution in [0.15, 0.2) is 78.4 Å². The minimum absolute atomic E-state index is 0.108. The number of rotatable bonds is 5. The zero-order chi connectivity index (χ0) is 26.2. The fourth-order valence-corrected chi connectivity index (χ4v) is 4.04. The summed E-state index contributed by atoms with van der Waals surface area (Å²) in [5.41, 5.74) is -1.76. The molecule has 1 fully saturated rings. The number of benzene rings is 3. The van der Waals surface area contributed by atoms with Crippen molar-refractivity contribution in [3.63, 3.8) is 0 Å². The predicted octanol–water partition coefficient (Wildman–Crippen LogP) is 6.26. The van der Waals surface area contributed by atoms with E-state index in [9.17, 15) is 32.3 Å². The first kappa shape index (κ1) is 25.0. The van der Waals surface area contributed by atoms with Gasteiger partial charge in [0.2, 0.25) is 0 Å². The first-order valence-corrected chi connectivity index (χ1v) is 11.0. The molecule has 9 heteroatoms. The SMILES string of the molecule is CC(C)Oc1ccc(/C(O)=C2\C(=O)C(=O)N(c3cccc(C(F)(F)F)c3)C2c2ccccc2F)cc1. The van der Waals surface area contributed by atoms with E-state index in [1.54, 1.807) is 12.1 Å². The number of hydrogen-bond donors (Lipinski definition) is 1. The highest BCUT2D eigenvalue weighted by Crippen LogP contribution is 2.44. The van der Waals surface area contributed by atoms with Crippen molar-refractivity contribution < 1.29 is 37.0 Å². The number of alkyl halides is 3. The largest absolute Gasteiger partial charge is 0.507 e. The van der Waals surface area contributed by atoms with Gasteiger partial charge < -0.3 is 9.84 Å². The molecule has 1 unspecified atom stereocenters. The van der Waals surface area contributed by atoms with Crippen LogP contribution in [0.25, 0.3) is 5.76 Å². The molecule has 1 amide bonds. The van der Waals surface area contributed by atoms with Crippen LogP contribution in [0.5, 0.6) is 5.75 Å². The van der Waals surface area contributed by atoms with E-state index in [0.717, 1.165) is 23.1 Å². The van der Waals surface area contributed by atoms with Crippen LogP contribution < -0.4 is 9.64 Å². The number of Topliss-reactive ketones (excluding diaryl/α,β-unsaturated/α-hetero) is 1. The Morgan fingerprint density at radius 1 is 0.972 bits per heavy atom. The number of aliphatic hydroxyl groups excluding tert-OH is 1. The Labute approximate surface area is 204 Å². The van der Waals surface area contributed by atoms with E-state index in [2.05, 4.69) is 0 Å². The van der Waals surface area contributed by atoms with Gasteiger partial charge in [0.05, 0.1) is 23.3 Å².